The molecule has 2 amide bonds. The summed E-state index contributed by atoms with van der Waals surface area (Å²) in [7, 11) is 0. The number of nitrogens with zero attached hydrogens (tertiary/aromatic N) is 5. The van der Waals surface area contributed by atoms with Crippen LogP contribution in [-0.2, 0) is 9.59 Å². The molecule has 1 aliphatic heterocycles. The SMILES string of the molecule is CC(C)c1cc(-c2ccc(F)c(Cl)c2)nn2cc(C(=O)N3CCN(C(=O)C4CCC(C(=O)O)CC4)CC3(C)C)nc12. The zero-order valence-corrected chi connectivity index (χ0v) is 24.5. The van der Waals surface area contributed by atoms with Gasteiger partial charge >= 0.3 is 5.97 Å². The van der Waals surface area contributed by atoms with E-state index < -0.39 is 17.3 Å². The minimum Gasteiger partial charge on any atom is -0.481 e. The number of fused-ring (bicyclic) bond motifs is 1. The molecule has 2 aromatic heterocycles. The fraction of sp³-hybridized carbons (Fsp3) is 0.500. The summed E-state index contributed by atoms with van der Waals surface area (Å²) in [5.74, 6) is -1.96. The number of hydrogen-bond acceptors (Lipinski definition) is 5. The maximum Gasteiger partial charge on any atom is 0.306 e. The lowest BCUT2D eigenvalue weighted by Gasteiger charge is -2.47. The summed E-state index contributed by atoms with van der Waals surface area (Å²) in [6.07, 6.45) is 3.81. The Balaban J connectivity index is 1.36. The fourth-order valence-electron chi connectivity index (χ4n) is 6.03. The number of carbonyl (C=O) groups excluding carboxylic acids is 2. The van der Waals surface area contributed by atoms with Gasteiger partial charge in [-0.3, -0.25) is 14.4 Å². The number of carbonyl (C=O) groups is 3. The smallest absolute Gasteiger partial charge is 0.306 e. The summed E-state index contributed by atoms with van der Waals surface area (Å²) in [6.45, 7) is 9.09. The van der Waals surface area contributed by atoms with Gasteiger partial charge in [-0.25, -0.2) is 13.9 Å². The van der Waals surface area contributed by atoms with E-state index >= 15 is 0 Å². The van der Waals surface area contributed by atoms with Crippen molar-refractivity contribution in [2.75, 3.05) is 19.6 Å². The van der Waals surface area contributed by atoms with Crippen LogP contribution >= 0.6 is 11.6 Å². The van der Waals surface area contributed by atoms with Gasteiger partial charge in [0.15, 0.2) is 5.65 Å². The van der Waals surface area contributed by atoms with Gasteiger partial charge in [0.25, 0.3) is 5.91 Å². The Bertz CT molecular complexity index is 1510. The molecule has 3 aromatic rings. The number of amides is 2. The third-order valence-corrected chi connectivity index (χ3v) is 8.68. The summed E-state index contributed by atoms with van der Waals surface area (Å²) in [6, 6.07) is 6.33. The molecule has 11 heteroatoms. The van der Waals surface area contributed by atoms with Crippen LogP contribution in [0.25, 0.3) is 16.9 Å². The number of carboxylic acids is 1. The number of imidazole rings is 1. The zero-order chi connectivity index (χ0) is 29.6. The van der Waals surface area contributed by atoms with E-state index in [1.54, 1.807) is 21.7 Å². The van der Waals surface area contributed by atoms with Crippen LogP contribution in [-0.4, -0.2) is 72.5 Å². The number of piperazine rings is 1. The molecular weight excluding hydrogens is 549 g/mol. The molecule has 218 valence electrons. The first-order chi connectivity index (χ1) is 19.4. The molecule has 5 rings (SSSR count). The molecule has 1 N–H and O–H groups in total. The maximum absolute atomic E-state index is 13.8. The molecule has 0 spiro atoms. The highest BCUT2D eigenvalue weighted by Gasteiger charge is 2.41. The second-order valence-electron chi connectivity index (χ2n) is 12.1. The lowest BCUT2D eigenvalue weighted by Crippen LogP contribution is -2.62. The van der Waals surface area contributed by atoms with E-state index in [1.165, 1.54) is 12.1 Å². The first-order valence-electron chi connectivity index (χ1n) is 14.0. The maximum atomic E-state index is 13.8. The molecule has 3 heterocycles. The summed E-state index contributed by atoms with van der Waals surface area (Å²) in [5.41, 5.74) is 2.33. The Labute approximate surface area is 243 Å². The molecule has 2 fully saturated rings. The molecule has 9 nitrogen and oxygen atoms in total. The first-order valence-corrected chi connectivity index (χ1v) is 14.4. The van der Waals surface area contributed by atoms with Gasteiger partial charge in [-0.2, -0.15) is 5.10 Å². The van der Waals surface area contributed by atoms with Gasteiger partial charge in [-0.05, 0) is 69.7 Å². The van der Waals surface area contributed by atoms with Crippen molar-refractivity contribution in [3.63, 3.8) is 0 Å². The molecule has 0 radical (unpaired) electrons. The van der Waals surface area contributed by atoms with E-state index in [-0.39, 0.29) is 40.3 Å². The Kier molecular flexibility index (Phi) is 7.80. The van der Waals surface area contributed by atoms with Gasteiger partial charge in [0.2, 0.25) is 5.91 Å². The second-order valence-corrected chi connectivity index (χ2v) is 12.5. The van der Waals surface area contributed by atoms with E-state index in [1.807, 2.05) is 38.7 Å². The van der Waals surface area contributed by atoms with Gasteiger partial charge < -0.3 is 14.9 Å². The normalized spacial score (nSPS) is 21.0. The van der Waals surface area contributed by atoms with E-state index in [0.717, 1.165) is 5.56 Å². The molecule has 0 bridgehead atoms. The third kappa shape index (κ3) is 5.66. The average molecular weight is 584 g/mol. The standard InChI is InChI=1S/C30H35ClFN5O4/c1-17(2)21-14-24(20-9-10-23(32)22(31)13-20)34-37-15-25(33-26(21)37)28(39)36-12-11-35(16-30(36,3)4)27(38)18-5-7-19(8-6-18)29(40)41/h9-10,13-15,17-19H,5-8,11-12,16H2,1-4H3,(H,40,41). The van der Waals surface area contributed by atoms with Crippen molar-refractivity contribution >= 4 is 35.0 Å². The lowest BCUT2D eigenvalue weighted by atomic mass is 9.81. The highest BCUT2D eigenvalue weighted by Crippen LogP contribution is 2.33. The van der Waals surface area contributed by atoms with E-state index in [4.69, 9.17) is 11.6 Å². The number of rotatable bonds is 5. The Morgan fingerprint density at radius 3 is 2.37 bits per heavy atom. The quantitative estimate of drug-likeness (QED) is 0.439. The molecule has 2 aliphatic rings. The molecule has 1 saturated heterocycles. The van der Waals surface area contributed by atoms with Gasteiger partial charge in [0, 0.05) is 36.7 Å². The van der Waals surface area contributed by atoms with Crippen LogP contribution in [0, 0.1) is 17.7 Å². The number of hydrogen-bond donors (Lipinski definition) is 1. The monoisotopic (exact) mass is 583 g/mol. The summed E-state index contributed by atoms with van der Waals surface area (Å²) >= 11 is 6.02. The highest BCUT2D eigenvalue weighted by atomic mass is 35.5. The highest BCUT2D eigenvalue weighted by molar-refractivity contribution is 6.31. The summed E-state index contributed by atoms with van der Waals surface area (Å²) in [4.78, 5) is 46.6. The van der Waals surface area contributed by atoms with Crippen LogP contribution in [0.5, 0.6) is 0 Å². The van der Waals surface area contributed by atoms with Crippen LogP contribution in [0.15, 0.2) is 30.5 Å². The molecule has 0 atom stereocenters. The molecule has 1 aliphatic carbocycles. The minimum atomic E-state index is -0.789. The third-order valence-electron chi connectivity index (χ3n) is 8.39. The van der Waals surface area contributed by atoms with Gasteiger partial charge in [-0.15, -0.1) is 0 Å². The van der Waals surface area contributed by atoms with Crippen molar-refractivity contribution in [3.8, 4) is 11.3 Å². The Hall–Kier alpha value is -3.53. The van der Waals surface area contributed by atoms with Crippen LogP contribution in [0.3, 0.4) is 0 Å². The topological polar surface area (TPSA) is 108 Å². The van der Waals surface area contributed by atoms with Crippen molar-refractivity contribution in [2.45, 2.75) is 64.8 Å². The van der Waals surface area contributed by atoms with Gasteiger partial charge in [-0.1, -0.05) is 25.4 Å². The van der Waals surface area contributed by atoms with Crippen LogP contribution < -0.4 is 0 Å². The van der Waals surface area contributed by atoms with Gasteiger partial charge in [0.05, 0.1) is 28.4 Å². The molecular formula is C30H35ClFN5O4. The summed E-state index contributed by atoms with van der Waals surface area (Å²) in [5, 5.41) is 13.9. The predicted octanol–water partition coefficient (Wildman–Crippen LogP) is 5.27. The number of halogens is 2. The lowest BCUT2D eigenvalue weighted by molar-refractivity contribution is -0.147. The summed E-state index contributed by atoms with van der Waals surface area (Å²) < 4.78 is 15.4. The van der Waals surface area contributed by atoms with Crippen LogP contribution in [0.4, 0.5) is 4.39 Å². The largest absolute Gasteiger partial charge is 0.481 e. The minimum absolute atomic E-state index is 0.00443. The number of benzene rings is 1. The molecule has 0 unspecified atom stereocenters. The van der Waals surface area contributed by atoms with Crippen LogP contribution in [0.1, 0.15) is 75.3 Å². The van der Waals surface area contributed by atoms with Crippen molar-refractivity contribution < 1.29 is 23.9 Å². The molecule has 41 heavy (non-hydrogen) atoms. The Morgan fingerprint density at radius 1 is 1.07 bits per heavy atom. The van der Waals surface area contributed by atoms with Crippen molar-refractivity contribution in [3.05, 3.63) is 52.6 Å². The first kappa shape index (κ1) is 29.0. The fourth-order valence-corrected chi connectivity index (χ4v) is 6.21. The van der Waals surface area contributed by atoms with E-state index in [2.05, 4.69) is 10.1 Å². The van der Waals surface area contributed by atoms with Crippen molar-refractivity contribution in [1.82, 2.24) is 24.4 Å². The van der Waals surface area contributed by atoms with Gasteiger partial charge in [0.1, 0.15) is 11.5 Å². The second kappa shape index (κ2) is 11.0. The number of carboxylic acid groups (broad SMARTS) is 1. The molecule has 1 saturated carbocycles. The van der Waals surface area contributed by atoms with Crippen molar-refractivity contribution in [2.24, 2.45) is 11.8 Å². The average Bonchev–Trinajstić information content (AvgIpc) is 3.37. The predicted molar refractivity (Wildman–Crippen MR) is 152 cm³/mol. The Morgan fingerprint density at radius 2 is 1.76 bits per heavy atom. The van der Waals surface area contributed by atoms with Crippen molar-refractivity contribution in [1.29, 1.82) is 0 Å². The van der Waals surface area contributed by atoms with E-state index in [0.29, 0.717) is 62.2 Å². The van der Waals surface area contributed by atoms with E-state index in [9.17, 15) is 23.9 Å². The number of aromatic nitrogens is 3. The van der Waals surface area contributed by atoms with Crippen LogP contribution in [0.2, 0.25) is 5.02 Å². The molecule has 1 aromatic carbocycles. The number of aliphatic carboxylic acids is 1. The zero-order valence-electron chi connectivity index (χ0n) is 23.7.